The van der Waals surface area contributed by atoms with Gasteiger partial charge < -0.3 is 20.9 Å². The number of ether oxygens (including phenoxy) is 2. The number of rotatable bonds is 2. The van der Waals surface area contributed by atoms with Crippen LogP contribution in [0.2, 0.25) is 0 Å². The summed E-state index contributed by atoms with van der Waals surface area (Å²) in [5.74, 6) is 0.729. The van der Waals surface area contributed by atoms with E-state index in [-0.39, 0.29) is 0 Å². The third-order valence-corrected chi connectivity index (χ3v) is 6.47. The van der Waals surface area contributed by atoms with Crippen molar-refractivity contribution in [3.8, 4) is 33.8 Å². The van der Waals surface area contributed by atoms with Gasteiger partial charge in [-0.15, -0.1) is 0 Å². The third kappa shape index (κ3) is 2.55. The first kappa shape index (κ1) is 19.1. The molecule has 2 aliphatic rings. The number of nitrogens with two attached hydrogens (primary N) is 2. The number of hydrogen-bond donors (Lipinski definition) is 2. The SMILES string of the molecule is NC(=O)Oc1ccc2c(c1)C1(c3ccccc3-2)c2ccccc2-c2ccc(OC(N)=O)cc21. The quantitative estimate of drug-likeness (QED) is 0.402. The molecule has 160 valence electrons. The van der Waals surface area contributed by atoms with E-state index in [0.29, 0.717) is 11.5 Å². The lowest BCUT2D eigenvalue weighted by atomic mass is 9.70. The van der Waals surface area contributed by atoms with E-state index in [9.17, 15) is 9.59 Å². The van der Waals surface area contributed by atoms with Gasteiger partial charge in [0.2, 0.25) is 0 Å². The Morgan fingerprint density at radius 3 is 1.36 bits per heavy atom. The predicted octanol–water partition coefficient (Wildman–Crippen LogP) is 4.95. The van der Waals surface area contributed by atoms with Crippen LogP contribution in [-0.2, 0) is 5.41 Å². The van der Waals surface area contributed by atoms with Crippen LogP contribution < -0.4 is 20.9 Å². The number of fused-ring (bicyclic) bond motifs is 10. The fourth-order valence-corrected chi connectivity index (χ4v) is 5.46. The molecule has 0 atom stereocenters. The number of benzene rings is 4. The molecule has 6 rings (SSSR count). The molecular formula is C27H18N2O4. The first-order chi connectivity index (χ1) is 16.0. The van der Waals surface area contributed by atoms with Gasteiger partial charge in [-0.1, -0.05) is 60.7 Å². The van der Waals surface area contributed by atoms with E-state index in [1.54, 1.807) is 12.1 Å². The maximum absolute atomic E-state index is 11.5. The molecule has 2 aliphatic carbocycles. The van der Waals surface area contributed by atoms with Crippen LogP contribution >= 0.6 is 0 Å². The number of hydrogen-bond acceptors (Lipinski definition) is 4. The average molecular weight is 434 g/mol. The zero-order valence-corrected chi connectivity index (χ0v) is 17.4. The highest BCUT2D eigenvalue weighted by molar-refractivity contribution is 5.95. The normalized spacial score (nSPS) is 13.6. The molecular weight excluding hydrogens is 416 g/mol. The lowest BCUT2D eigenvalue weighted by Crippen LogP contribution is -2.26. The van der Waals surface area contributed by atoms with Crippen molar-refractivity contribution in [1.29, 1.82) is 0 Å². The Morgan fingerprint density at radius 1 is 0.545 bits per heavy atom. The Hall–Kier alpha value is -4.58. The Bertz CT molecular complexity index is 1380. The minimum absolute atomic E-state index is 0.365. The number of carbonyl (C=O) groups excluding carboxylic acids is 2. The van der Waals surface area contributed by atoms with Crippen molar-refractivity contribution in [3.63, 3.8) is 0 Å². The zero-order valence-electron chi connectivity index (χ0n) is 17.4. The largest absolute Gasteiger partial charge is 0.410 e. The molecule has 4 aromatic carbocycles. The van der Waals surface area contributed by atoms with Gasteiger partial charge in [0.25, 0.3) is 0 Å². The minimum atomic E-state index is -0.871. The van der Waals surface area contributed by atoms with Crippen LogP contribution in [0, 0.1) is 0 Å². The highest BCUT2D eigenvalue weighted by Crippen LogP contribution is 2.63. The van der Waals surface area contributed by atoms with Crippen molar-refractivity contribution in [1.82, 2.24) is 0 Å². The van der Waals surface area contributed by atoms with E-state index in [4.69, 9.17) is 20.9 Å². The van der Waals surface area contributed by atoms with Crippen LogP contribution in [0.1, 0.15) is 22.3 Å². The molecule has 4 aromatic rings. The smallest absolute Gasteiger partial charge is 0.409 e. The average Bonchev–Trinajstić information content (AvgIpc) is 3.25. The molecule has 0 unspecified atom stereocenters. The summed E-state index contributed by atoms with van der Waals surface area (Å²) in [5.41, 5.74) is 18.3. The van der Waals surface area contributed by atoms with Crippen LogP contribution in [0.25, 0.3) is 22.3 Å². The predicted molar refractivity (Wildman–Crippen MR) is 123 cm³/mol. The van der Waals surface area contributed by atoms with Crippen LogP contribution in [0.15, 0.2) is 84.9 Å². The van der Waals surface area contributed by atoms with Crippen LogP contribution in [0.5, 0.6) is 11.5 Å². The molecule has 4 N–H and O–H groups in total. The highest BCUT2D eigenvalue weighted by Gasteiger charge is 2.51. The molecule has 1 spiro atoms. The van der Waals surface area contributed by atoms with Crippen molar-refractivity contribution in [2.45, 2.75) is 5.41 Å². The van der Waals surface area contributed by atoms with Crippen LogP contribution in [-0.4, -0.2) is 12.2 Å². The van der Waals surface area contributed by atoms with Gasteiger partial charge in [-0.25, -0.2) is 9.59 Å². The third-order valence-electron chi connectivity index (χ3n) is 6.47. The van der Waals surface area contributed by atoms with E-state index in [1.165, 1.54) is 0 Å². The minimum Gasteiger partial charge on any atom is -0.410 e. The van der Waals surface area contributed by atoms with E-state index < -0.39 is 17.6 Å². The van der Waals surface area contributed by atoms with E-state index in [0.717, 1.165) is 44.5 Å². The molecule has 6 heteroatoms. The van der Waals surface area contributed by atoms with Gasteiger partial charge in [0, 0.05) is 0 Å². The summed E-state index contributed by atoms with van der Waals surface area (Å²) in [4.78, 5) is 23.0. The van der Waals surface area contributed by atoms with Crippen molar-refractivity contribution >= 4 is 12.2 Å². The fourth-order valence-electron chi connectivity index (χ4n) is 5.46. The molecule has 2 amide bonds. The molecule has 0 bridgehead atoms. The Kier molecular flexibility index (Phi) is 3.89. The van der Waals surface area contributed by atoms with Crippen molar-refractivity contribution in [3.05, 3.63) is 107 Å². The Balaban J connectivity index is 1.74. The lowest BCUT2D eigenvalue weighted by Gasteiger charge is -2.30. The van der Waals surface area contributed by atoms with Crippen molar-refractivity contribution in [2.24, 2.45) is 11.5 Å². The van der Waals surface area contributed by atoms with Gasteiger partial charge >= 0.3 is 12.2 Å². The highest BCUT2D eigenvalue weighted by atomic mass is 16.6. The summed E-state index contributed by atoms with van der Waals surface area (Å²) in [6.07, 6.45) is -1.74. The van der Waals surface area contributed by atoms with Gasteiger partial charge in [0.05, 0.1) is 5.41 Å². The summed E-state index contributed by atoms with van der Waals surface area (Å²) in [6, 6.07) is 27.5. The Morgan fingerprint density at radius 2 is 0.939 bits per heavy atom. The second-order valence-electron chi connectivity index (χ2n) is 8.10. The number of carbonyl (C=O) groups is 2. The monoisotopic (exact) mass is 434 g/mol. The first-order valence-corrected chi connectivity index (χ1v) is 10.4. The maximum atomic E-state index is 11.5. The first-order valence-electron chi connectivity index (χ1n) is 10.4. The van der Waals surface area contributed by atoms with Gasteiger partial charge in [-0.3, -0.25) is 0 Å². The summed E-state index contributed by atoms with van der Waals surface area (Å²) in [5, 5.41) is 0. The van der Waals surface area contributed by atoms with E-state index in [1.807, 2.05) is 48.5 Å². The van der Waals surface area contributed by atoms with Crippen LogP contribution in [0.3, 0.4) is 0 Å². The second kappa shape index (κ2) is 6.71. The molecule has 0 saturated heterocycles. The topological polar surface area (TPSA) is 105 Å². The molecule has 0 fully saturated rings. The summed E-state index contributed by atoms with van der Waals surface area (Å²) in [6.45, 7) is 0. The molecule has 6 nitrogen and oxygen atoms in total. The lowest BCUT2D eigenvalue weighted by molar-refractivity contribution is 0.210. The van der Waals surface area contributed by atoms with E-state index in [2.05, 4.69) is 24.3 Å². The Labute approximate surface area is 189 Å². The van der Waals surface area contributed by atoms with Crippen molar-refractivity contribution in [2.75, 3.05) is 0 Å². The van der Waals surface area contributed by atoms with Gasteiger partial charge in [0.15, 0.2) is 0 Å². The fraction of sp³-hybridized carbons (Fsp3) is 0.0370. The van der Waals surface area contributed by atoms with Gasteiger partial charge in [-0.05, 0) is 68.8 Å². The van der Waals surface area contributed by atoms with Gasteiger partial charge in [0.1, 0.15) is 11.5 Å². The number of primary amides is 2. The molecule has 0 aromatic heterocycles. The molecule has 0 aliphatic heterocycles. The van der Waals surface area contributed by atoms with Crippen LogP contribution in [0.4, 0.5) is 9.59 Å². The van der Waals surface area contributed by atoms with Crippen molar-refractivity contribution < 1.29 is 19.1 Å². The molecule has 0 radical (unpaired) electrons. The second-order valence-corrected chi connectivity index (χ2v) is 8.10. The standard InChI is InChI=1S/C27H18N2O4/c28-25(30)32-15-9-11-19-17-5-1-3-7-21(17)27(23(19)13-15)22-8-4-2-6-18(22)20-12-10-16(14-24(20)27)33-26(29)31/h1-14H,(H2,28,30)(H2,29,31). The molecule has 0 saturated carbocycles. The summed E-state index contributed by atoms with van der Waals surface area (Å²) >= 11 is 0. The number of amides is 2. The summed E-state index contributed by atoms with van der Waals surface area (Å²) < 4.78 is 10.5. The molecule has 33 heavy (non-hydrogen) atoms. The zero-order chi connectivity index (χ0) is 22.7. The van der Waals surface area contributed by atoms with Gasteiger partial charge in [-0.2, -0.15) is 0 Å². The summed E-state index contributed by atoms with van der Waals surface area (Å²) in [7, 11) is 0. The maximum Gasteiger partial charge on any atom is 0.409 e. The van der Waals surface area contributed by atoms with E-state index >= 15 is 0 Å². The molecule has 0 heterocycles.